The van der Waals surface area contributed by atoms with Crippen LogP contribution in [0.4, 0.5) is 5.95 Å². The highest BCUT2D eigenvalue weighted by Gasteiger charge is 2.43. The molecule has 2 fully saturated rings. The third-order valence-electron chi connectivity index (χ3n) is 6.23. The molecule has 3 N–H and O–H groups in total. The molecule has 29 heavy (non-hydrogen) atoms. The van der Waals surface area contributed by atoms with Gasteiger partial charge in [0, 0.05) is 18.6 Å². The molecule has 2 saturated heterocycles. The fourth-order valence-electron chi connectivity index (χ4n) is 4.46. The zero-order valence-corrected chi connectivity index (χ0v) is 17.6. The number of nitrogens with two attached hydrogens (primary N) is 1. The van der Waals surface area contributed by atoms with E-state index in [9.17, 15) is 0 Å². The van der Waals surface area contributed by atoms with Crippen molar-refractivity contribution in [1.82, 2.24) is 24.4 Å². The number of rotatable bonds is 1. The van der Waals surface area contributed by atoms with Gasteiger partial charge < -0.3 is 25.0 Å². The number of aliphatic hydroxyl groups is 1. The molecule has 0 radical (unpaired) electrons. The first kappa shape index (κ1) is 20.5. The van der Waals surface area contributed by atoms with Crippen LogP contribution in [-0.2, 0) is 16.7 Å². The fraction of sp³-hybridized carbons (Fsp3) is 0.650. The minimum Gasteiger partial charge on any atom is -0.391 e. The lowest BCUT2D eigenvalue weighted by molar-refractivity contribution is -0.00535. The van der Waals surface area contributed by atoms with Gasteiger partial charge in [-0.25, -0.2) is 15.0 Å². The summed E-state index contributed by atoms with van der Waals surface area (Å²) in [5.74, 6) is 1.42. The second-order valence-electron chi connectivity index (χ2n) is 8.25. The quantitative estimate of drug-likeness (QED) is 0.728. The molecule has 0 aliphatic carbocycles. The first-order valence-electron chi connectivity index (χ1n) is 10.3. The van der Waals surface area contributed by atoms with Crippen LogP contribution in [0.25, 0.3) is 11.4 Å². The number of piperidine rings is 1. The van der Waals surface area contributed by atoms with Gasteiger partial charge in [0.25, 0.3) is 0 Å². The van der Waals surface area contributed by atoms with Crippen molar-refractivity contribution >= 4 is 17.5 Å². The van der Waals surface area contributed by atoms with Crippen molar-refractivity contribution in [3.63, 3.8) is 0 Å². The first-order chi connectivity index (χ1) is 14.0. The summed E-state index contributed by atoms with van der Waals surface area (Å²) in [6, 6.07) is 0. The van der Waals surface area contributed by atoms with Gasteiger partial charge in [0.15, 0.2) is 0 Å². The number of imidazole rings is 1. The van der Waals surface area contributed by atoms with Crippen LogP contribution in [0.15, 0.2) is 12.4 Å². The second-order valence-corrected chi connectivity index (χ2v) is 8.66. The maximum atomic E-state index is 8.78. The number of likely N-dealkylation sites (tertiary alicyclic amines) is 1. The number of fused-ring (bicyclic) bond motifs is 2. The molecule has 8 nitrogen and oxygen atoms in total. The zero-order chi connectivity index (χ0) is 20.4. The van der Waals surface area contributed by atoms with Crippen molar-refractivity contribution in [1.29, 1.82) is 0 Å². The minimum absolute atomic E-state index is 0.186. The predicted octanol–water partition coefficient (Wildman–Crippen LogP) is 2.10. The number of anilines is 1. The first-order valence-corrected chi connectivity index (χ1v) is 10.6. The highest BCUT2D eigenvalue weighted by molar-refractivity contribution is 6.32. The number of aromatic nitrogens is 4. The van der Waals surface area contributed by atoms with Crippen LogP contribution in [0, 0.1) is 0 Å². The van der Waals surface area contributed by atoms with E-state index in [-0.39, 0.29) is 17.5 Å². The summed E-state index contributed by atoms with van der Waals surface area (Å²) in [6.07, 6.45) is 8.66. The third kappa shape index (κ3) is 4.26. The number of aliphatic hydroxyl groups excluding tert-OH is 1. The molecule has 3 aliphatic heterocycles. The van der Waals surface area contributed by atoms with E-state index in [1.807, 2.05) is 6.20 Å². The van der Waals surface area contributed by atoms with Gasteiger partial charge in [0.1, 0.15) is 11.5 Å². The van der Waals surface area contributed by atoms with Crippen LogP contribution in [0.2, 0.25) is 5.02 Å². The minimum atomic E-state index is -0.186. The van der Waals surface area contributed by atoms with Crippen molar-refractivity contribution < 1.29 is 9.84 Å². The van der Waals surface area contributed by atoms with Gasteiger partial charge in [-0.2, -0.15) is 0 Å². The summed E-state index contributed by atoms with van der Waals surface area (Å²) in [5.41, 5.74) is 7.56. The van der Waals surface area contributed by atoms with E-state index in [0.29, 0.717) is 17.3 Å². The van der Waals surface area contributed by atoms with Crippen LogP contribution in [-0.4, -0.2) is 69.0 Å². The fourth-order valence-corrected chi connectivity index (χ4v) is 4.64. The van der Waals surface area contributed by atoms with Crippen LogP contribution in [0.1, 0.15) is 37.9 Å². The Labute approximate surface area is 176 Å². The molecule has 1 atom stereocenters. The number of nitrogens with zero attached hydrogens (tertiary/aromatic N) is 5. The molecule has 9 heteroatoms. The molecule has 5 heterocycles. The Bertz CT molecular complexity index is 843. The van der Waals surface area contributed by atoms with Gasteiger partial charge in [0.2, 0.25) is 5.95 Å². The van der Waals surface area contributed by atoms with E-state index in [2.05, 4.69) is 26.5 Å². The van der Waals surface area contributed by atoms with E-state index in [1.54, 1.807) is 6.20 Å². The van der Waals surface area contributed by atoms with Crippen LogP contribution in [0.5, 0.6) is 0 Å². The Morgan fingerprint density at radius 2 is 1.97 bits per heavy atom. The van der Waals surface area contributed by atoms with Gasteiger partial charge in [-0.05, 0) is 52.2 Å². The molecule has 5 rings (SSSR count). The predicted molar refractivity (Wildman–Crippen MR) is 112 cm³/mol. The SMILES string of the molecule is CN1CCC2(CC1)CCn1c(-c3nc(N)ncc3Cl)cnc12.OC1CCCOC1. The standard InChI is InChI=1S/C15H19ClN6.C5H10O2/c1-21-5-2-15(3-6-21)4-7-22-11(9-18-13(15)22)12-10(16)8-19-14(17)20-12;6-5-2-1-3-7-4-5/h8-9H,2-7H2,1H3,(H2,17,19,20);5-6H,1-4H2. The Balaban J connectivity index is 0.000000249. The molecule has 0 amide bonds. The molecular weight excluding hydrogens is 392 g/mol. The summed E-state index contributed by atoms with van der Waals surface area (Å²) >= 11 is 6.26. The van der Waals surface area contributed by atoms with Gasteiger partial charge in [-0.15, -0.1) is 0 Å². The molecule has 0 aromatic carbocycles. The molecule has 158 valence electrons. The normalized spacial score (nSPS) is 23.5. The smallest absolute Gasteiger partial charge is 0.220 e. The van der Waals surface area contributed by atoms with Crippen molar-refractivity contribution in [3.8, 4) is 11.4 Å². The Morgan fingerprint density at radius 3 is 2.62 bits per heavy atom. The van der Waals surface area contributed by atoms with E-state index in [1.165, 1.54) is 18.7 Å². The Kier molecular flexibility index (Phi) is 6.06. The number of halogens is 1. The number of hydrogen-bond acceptors (Lipinski definition) is 7. The van der Waals surface area contributed by atoms with Crippen LogP contribution >= 0.6 is 11.6 Å². The number of nitrogen functional groups attached to an aromatic ring is 1. The molecule has 2 aromatic rings. The van der Waals surface area contributed by atoms with E-state index < -0.39 is 0 Å². The van der Waals surface area contributed by atoms with Crippen molar-refractivity contribution in [2.45, 2.75) is 50.2 Å². The Hall–Kier alpha value is -1.74. The maximum Gasteiger partial charge on any atom is 0.220 e. The van der Waals surface area contributed by atoms with Crippen molar-refractivity contribution in [2.24, 2.45) is 0 Å². The van der Waals surface area contributed by atoms with E-state index in [0.717, 1.165) is 51.2 Å². The number of ether oxygens (including phenoxy) is 1. The van der Waals surface area contributed by atoms with Gasteiger partial charge in [-0.3, -0.25) is 0 Å². The van der Waals surface area contributed by atoms with Crippen LogP contribution in [0.3, 0.4) is 0 Å². The molecule has 0 saturated carbocycles. The molecule has 0 bridgehead atoms. The summed E-state index contributed by atoms with van der Waals surface area (Å²) in [7, 11) is 2.18. The lowest BCUT2D eigenvalue weighted by Crippen LogP contribution is -2.39. The molecular formula is C20H29ClN6O2. The largest absolute Gasteiger partial charge is 0.391 e. The topological polar surface area (TPSA) is 102 Å². The Morgan fingerprint density at radius 1 is 1.21 bits per heavy atom. The average Bonchev–Trinajstić information content (AvgIpc) is 3.29. The van der Waals surface area contributed by atoms with Crippen molar-refractivity contribution in [3.05, 3.63) is 23.2 Å². The van der Waals surface area contributed by atoms with E-state index >= 15 is 0 Å². The summed E-state index contributed by atoms with van der Waals surface area (Å²) in [4.78, 5) is 15.4. The molecule has 1 unspecified atom stereocenters. The lowest BCUT2D eigenvalue weighted by Gasteiger charge is -2.36. The summed E-state index contributed by atoms with van der Waals surface area (Å²) in [5, 5.41) is 9.30. The molecule has 3 aliphatic rings. The van der Waals surface area contributed by atoms with E-state index in [4.69, 9.17) is 32.2 Å². The van der Waals surface area contributed by atoms with Gasteiger partial charge in [0.05, 0.1) is 35.8 Å². The summed E-state index contributed by atoms with van der Waals surface area (Å²) in [6.45, 7) is 4.60. The monoisotopic (exact) mass is 420 g/mol. The average molecular weight is 421 g/mol. The van der Waals surface area contributed by atoms with Crippen molar-refractivity contribution in [2.75, 3.05) is 39.1 Å². The van der Waals surface area contributed by atoms with Gasteiger partial charge >= 0.3 is 0 Å². The third-order valence-corrected chi connectivity index (χ3v) is 6.51. The second kappa shape index (κ2) is 8.55. The molecule has 1 spiro atoms. The van der Waals surface area contributed by atoms with Crippen LogP contribution < -0.4 is 5.73 Å². The van der Waals surface area contributed by atoms with Gasteiger partial charge in [-0.1, -0.05) is 11.6 Å². The highest BCUT2D eigenvalue weighted by atomic mass is 35.5. The number of hydrogen-bond donors (Lipinski definition) is 2. The maximum absolute atomic E-state index is 8.78. The highest BCUT2D eigenvalue weighted by Crippen LogP contribution is 2.44. The lowest BCUT2D eigenvalue weighted by atomic mass is 9.77. The summed E-state index contributed by atoms with van der Waals surface area (Å²) < 4.78 is 7.19. The molecule has 2 aromatic heterocycles. The zero-order valence-electron chi connectivity index (χ0n) is 16.8.